The maximum atomic E-state index is 10.9. The lowest BCUT2D eigenvalue weighted by molar-refractivity contribution is 0.171. The molecule has 0 aliphatic rings. The Morgan fingerprint density at radius 1 is 1.04 bits per heavy atom. The average Bonchev–Trinajstić information content (AvgIpc) is 2.65. The van der Waals surface area contributed by atoms with Gasteiger partial charge in [0.2, 0.25) is 0 Å². The van der Waals surface area contributed by atoms with Crippen LogP contribution in [0, 0.1) is 0 Å². The number of nitrogens with zero attached hydrogens (tertiary/aromatic N) is 1. The van der Waals surface area contributed by atoms with Gasteiger partial charge in [-0.05, 0) is 40.8 Å². The number of benzene rings is 2. The van der Waals surface area contributed by atoms with Gasteiger partial charge in [-0.3, -0.25) is 0 Å². The number of hydrazone groups is 1. The zero-order chi connectivity index (χ0) is 19.7. The van der Waals surface area contributed by atoms with E-state index in [-0.39, 0.29) is 5.41 Å². The van der Waals surface area contributed by atoms with Crippen molar-refractivity contribution in [1.29, 1.82) is 0 Å². The number of hydrogen-bond donors (Lipinski definition) is 1. The van der Waals surface area contributed by atoms with E-state index in [1.807, 2.05) is 36.4 Å². The summed E-state index contributed by atoms with van der Waals surface area (Å²) in [5.74, 6) is 1.52. The summed E-state index contributed by atoms with van der Waals surface area (Å²) in [6.07, 6.45) is 0.892. The Labute approximate surface area is 160 Å². The lowest BCUT2D eigenvalue weighted by Gasteiger charge is -2.19. The fraction of sp³-hybridized carbons (Fsp3) is 0.333. The molecule has 1 N–H and O–H groups in total. The summed E-state index contributed by atoms with van der Waals surface area (Å²) in [6.45, 7) is 7.40. The third kappa shape index (κ3) is 7.01. The van der Waals surface area contributed by atoms with E-state index in [1.54, 1.807) is 0 Å². The lowest BCUT2D eigenvalue weighted by Crippen LogP contribution is -2.16. The minimum atomic E-state index is -0.619. The van der Waals surface area contributed by atoms with E-state index in [2.05, 4.69) is 48.2 Å². The molecule has 0 aliphatic carbocycles. The molecule has 0 bridgehead atoms. The SMILES string of the molecule is COC(=O)N/N=C/c1cccc(OCCOc2ccc(C(C)(C)C)cc2)c1. The molecule has 0 aliphatic heterocycles. The number of ether oxygens (including phenoxy) is 3. The summed E-state index contributed by atoms with van der Waals surface area (Å²) >= 11 is 0. The molecule has 0 aromatic heterocycles. The van der Waals surface area contributed by atoms with Gasteiger partial charge in [0.05, 0.1) is 13.3 Å². The van der Waals surface area contributed by atoms with E-state index in [0.717, 1.165) is 11.3 Å². The minimum Gasteiger partial charge on any atom is -0.490 e. The van der Waals surface area contributed by atoms with Gasteiger partial charge in [0.15, 0.2) is 0 Å². The van der Waals surface area contributed by atoms with Crippen molar-refractivity contribution >= 4 is 12.3 Å². The molecule has 0 fully saturated rings. The molecule has 0 unspecified atom stereocenters. The lowest BCUT2D eigenvalue weighted by atomic mass is 9.87. The van der Waals surface area contributed by atoms with E-state index < -0.39 is 6.09 Å². The molecular formula is C21H26N2O4. The molecule has 1 amide bonds. The summed E-state index contributed by atoms with van der Waals surface area (Å²) in [6, 6.07) is 15.5. The smallest absolute Gasteiger partial charge is 0.427 e. The van der Waals surface area contributed by atoms with Crippen molar-refractivity contribution in [1.82, 2.24) is 5.43 Å². The minimum absolute atomic E-state index is 0.127. The third-order valence-corrected chi connectivity index (χ3v) is 3.75. The molecule has 27 heavy (non-hydrogen) atoms. The highest BCUT2D eigenvalue weighted by Gasteiger charge is 2.12. The van der Waals surface area contributed by atoms with Crippen LogP contribution in [-0.2, 0) is 10.2 Å². The van der Waals surface area contributed by atoms with Gasteiger partial charge in [-0.25, -0.2) is 10.2 Å². The Hall–Kier alpha value is -3.02. The molecule has 2 rings (SSSR count). The molecule has 6 nitrogen and oxygen atoms in total. The van der Waals surface area contributed by atoms with Crippen LogP contribution in [-0.4, -0.2) is 32.6 Å². The van der Waals surface area contributed by atoms with Crippen LogP contribution in [0.2, 0.25) is 0 Å². The summed E-state index contributed by atoms with van der Waals surface area (Å²) in [7, 11) is 1.28. The molecule has 0 radical (unpaired) electrons. The highest BCUT2D eigenvalue weighted by molar-refractivity contribution is 5.81. The fourth-order valence-electron chi connectivity index (χ4n) is 2.26. The molecule has 0 heterocycles. The van der Waals surface area contributed by atoms with Crippen molar-refractivity contribution in [2.45, 2.75) is 26.2 Å². The van der Waals surface area contributed by atoms with Crippen LogP contribution < -0.4 is 14.9 Å². The monoisotopic (exact) mass is 370 g/mol. The molecule has 0 saturated carbocycles. The number of carbonyl (C=O) groups excluding carboxylic acids is 1. The van der Waals surface area contributed by atoms with E-state index in [1.165, 1.54) is 18.9 Å². The number of methoxy groups -OCH3 is 1. The average molecular weight is 370 g/mol. The Morgan fingerprint density at radius 2 is 1.70 bits per heavy atom. The second-order valence-corrected chi connectivity index (χ2v) is 6.91. The van der Waals surface area contributed by atoms with Gasteiger partial charge in [-0.1, -0.05) is 45.0 Å². The largest absolute Gasteiger partial charge is 0.490 e. The van der Waals surface area contributed by atoms with Crippen molar-refractivity contribution in [3.8, 4) is 11.5 Å². The first-order valence-corrected chi connectivity index (χ1v) is 8.72. The highest BCUT2D eigenvalue weighted by atomic mass is 16.5. The van der Waals surface area contributed by atoms with E-state index in [4.69, 9.17) is 9.47 Å². The maximum absolute atomic E-state index is 10.9. The van der Waals surface area contributed by atoms with Crippen LogP contribution in [0.15, 0.2) is 53.6 Å². The molecule has 0 atom stereocenters. The number of amides is 1. The number of nitrogens with one attached hydrogen (secondary N) is 1. The summed E-state index contributed by atoms with van der Waals surface area (Å²) in [5, 5.41) is 3.78. The highest BCUT2D eigenvalue weighted by Crippen LogP contribution is 2.24. The van der Waals surface area contributed by atoms with Gasteiger partial charge in [0.25, 0.3) is 0 Å². The summed E-state index contributed by atoms with van der Waals surface area (Å²) in [5.41, 5.74) is 4.42. The van der Waals surface area contributed by atoms with Crippen LogP contribution in [0.5, 0.6) is 11.5 Å². The molecule has 0 spiro atoms. The summed E-state index contributed by atoms with van der Waals surface area (Å²) < 4.78 is 15.8. The predicted octanol–water partition coefficient (Wildman–Crippen LogP) is 4.13. The van der Waals surface area contributed by atoms with E-state index >= 15 is 0 Å². The molecular weight excluding hydrogens is 344 g/mol. The third-order valence-electron chi connectivity index (χ3n) is 3.75. The molecule has 0 saturated heterocycles. The zero-order valence-electron chi connectivity index (χ0n) is 16.2. The van der Waals surface area contributed by atoms with Crippen molar-refractivity contribution in [2.24, 2.45) is 5.10 Å². The second-order valence-electron chi connectivity index (χ2n) is 6.91. The van der Waals surface area contributed by atoms with Gasteiger partial charge in [0.1, 0.15) is 24.7 Å². The first-order chi connectivity index (χ1) is 12.9. The quantitative estimate of drug-likeness (QED) is 0.452. The van der Waals surface area contributed by atoms with Crippen LogP contribution in [0.4, 0.5) is 4.79 Å². The normalized spacial score (nSPS) is 11.3. The van der Waals surface area contributed by atoms with Gasteiger partial charge < -0.3 is 14.2 Å². The topological polar surface area (TPSA) is 69.2 Å². The maximum Gasteiger partial charge on any atom is 0.427 e. The fourth-order valence-corrected chi connectivity index (χ4v) is 2.26. The zero-order valence-corrected chi connectivity index (χ0v) is 16.2. The Morgan fingerprint density at radius 3 is 2.33 bits per heavy atom. The van der Waals surface area contributed by atoms with Crippen molar-refractivity contribution in [2.75, 3.05) is 20.3 Å². The Kier molecular flexibility index (Phi) is 7.23. The first-order valence-electron chi connectivity index (χ1n) is 8.72. The van der Waals surface area contributed by atoms with Gasteiger partial charge in [0, 0.05) is 0 Å². The van der Waals surface area contributed by atoms with Crippen molar-refractivity contribution in [3.05, 3.63) is 59.7 Å². The van der Waals surface area contributed by atoms with Crippen molar-refractivity contribution in [3.63, 3.8) is 0 Å². The standard InChI is InChI=1S/C21H26N2O4/c1-21(2,3)17-8-10-18(11-9-17)26-12-13-27-19-7-5-6-16(14-19)15-22-23-20(24)25-4/h5-11,14-15H,12-13H2,1-4H3,(H,23,24)/b22-15+. The summed E-state index contributed by atoms with van der Waals surface area (Å²) in [4.78, 5) is 10.9. The first kappa shape index (κ1) is 20.3. The van der Waals surface area contributed by atoms with E-state index in [0.29, 0.717) is 19.0 Å². The Bertz CT molecular complexity index is 764. The molecule has 144 valence electrons. The number of hydrogen-bond acceptors (Lipinski definition) is 5. The van der Waals surface area contributed by atoms with Crippen LogP contribution in [0.25, 0.3) is 0 Å². The number of carbonyl (C=O) groups is 1. The number of rotatable bonds is 7. The van der Waals surface area contributed by atoms with Crippen molar-refractivity contribution < 1.29 is 19.0 Å². The van der Waals surface area contributed by atoms with Crippen LogP contribution in [0.1, 0.15) is 31.9 Å². The predicted molar refractivity (Wildman–Crippen MR) is 106 cm³/mol. The molecule has 2 aromatic rings. The molecule has 2 aromatic carbocycles. The van der Waals surface area contributed by atoms with Gasteiger partial charge >= 0.3 is 6.09 Å². The second kappa shape index (κ2) is 9.62. The van der Waals surface area contributed by atoms with Gasteiger partial charge in [-0.15, -0.1) is 0 Å². The van der Waals surface area contributed by atoms with E-state index in [9.17, 15) is 4.79 Å². The van der Waals surface area contributed by atoms with Crippen LogP contribution >= 0.6 is 0 Å². The van der Waals surface area contributed by atoms with Crippen LogP contribution in [0.3, 0.4) is 0 Å². The Balaban J connectivity index is 1.78. The van der Waals surface area contributed by atoms with Gasteiger partial charge in [-0.2, -0.15) is 5.10 Å². The molecule has 6 heteroatoms.